The van der Waals surface area contributed by atoms with Gasteiger partial charge < -0.3 is 11.1 Å². The Morgan fingerprint density at radius 1 is 1.64 bits per heavy atom. The quantitative estimate of drug-likeness (QED) is 0.720. The molecule has 0 spiro atoms. The van der Waals surface area contributed by atoms with Crippen molar-refractivity contribution in [3.05, 3.63) is 0 Å². The second-order valence-electron chi connectivity index (χ2n) is 4.02. The Morgan fingerprint density at radius 2 is 2.36 bits per heavy atom. The van der Waals surface area contributed by atoms with Crippen LogP contribution in [0.2, 0.25) is 0 Å². The summed E-state index contributed by atoms with van der Waals surface area (Å²) in [4.78, 5) is 10.8. The van der Waals surface area contributed by atoms with Crippen LogP contribution in [0, 0.1) is 5.92 Å². The molecular formula is C10H20N2OS. The van der Waals surface area contributed by atoms with Crippen molar-refractivity contribution in [1.29, 1.82) is 0 Å². The SMILES string of the molecule is CSC1CCCC1NCC(C)C(N)=O. The zero-order valence-electron chi connectivity index (χ0n) is 8.95. The summed E-state index contributed by atoms with van der Waals surface area (Å²) >= 11 is 1.92. The van der Waals surface area contributed by atoms with E-state index in [9.17, 15) is 4.79 Å². The molecule has 0 radical (unpaired) electrons. The van der Waals surface area contributed by atoms with Gasteiger partial charge in [0.1, 0.15) is 0 Å². The molecule has 3 unspecified atom stereocenters. The maximum Gasteiger partial charge on any atom is 0.221 e. The molecule has 3 nitrogen and oxygen atoms in total. The highest BCUT2D eigenvalue weighted by Crippen LogP contribution is 2.28. The molecule has 1 aliphatic carbocycles. The Hall–Kier alpha value is -0.220. The summed E-state index contributed by atoms with van der Waals surface area (Å²) in [6.45, 7) is 2.59. The van der Waals surface area contributed by atoms with Crippen LogP contribution in [0.1, 0.15) is 26.2 Å². The van der Waals surface area contributed by atoms with Crippen LogP contribution in [0.4, 0.5) is 0 Å². The molecule has 0 aliphatic heterocycles. The van der Waals surface area contributed by atoms with Gasteiger partial charge in [-0.15, -0.1) is 0 Å². The number of carbonyl (C=O) groups excluding carboxylic acids is 1. The van der Waals surface area contributed by atoms with Crippen LogP contribution >= 0.6 is 11.8 Å². The first kappa shape index (κ1) is 11.9. The molecule has 0 aromatic carbocycles. The summed E-state index contributed by atoms with van der Waals surface area (Å²) in [7, 11) is 0. The molecule has 0 aromatic heterocycles. The highest BCUT2D eigenvalue weighted by atomic mass is 32.2. The lowest BCUT2D eigenvalue weighted by molar-refractivity contribution is -0.121. The molecule has 3 atom stereocenters. The summed E-state index contributed by atoms with van der Waals surface area (Å²) in [5.41, 5.74) is 5.20. The second-order valence-corrected chi connectivity index (χ2v) is 5.10. The van der Waals surface area contributed by atoms with E-state index in [2.05, 4.69) is 11.6 Å². The molecule has 0 heterocycles. The molecule has 0 aromatic rings. The molecule has 0 saturated heterocycles. The number of rotatable bonds is 5. The van der Waals surface area contributed by atoms with Crippen LogP contribution in [-0.2, 0) is 4.79 Å². The summed E-state index contributed by atoms with van der Waals surface area (Å²) in [6, 6.07) is 0.576. The number of carbonyl (C=O) groups is 1. The first-order valence-electron chi connectivity index (χ1n) is 5.20. The van der Waals surface area contributed by atoms with Gasteiger partial charge in [-0.3, -0.25) is 4.79 Å². The number of hydrogen-bond acceptors (Lipinski definition) is 3. The molecule has 1 fully saturated rings. The molecule has 1 rings (SSSR count). The summed E-state index contributed by atoms with van der Waals surface area (Å²) in [5.74, 6) is -0.269. The predicted octanol–water partition coefficient (Wildman–Crippen LogP) is 0.981. The van der Waals surface area contributed by atoms with E-state index >= 15 is 0 Å². The molecule has 3 N–H and O–H groups in total. The minimum atomic E-state index is -0.212. The van der Waals surface area contributed by atoms with Gasteiger partial charge in [-0.05, 0) is 19.1 Å². The monoisotopic (exact) mass is 216 g/mol. The van der Waals surface area contributed by atoms with Crippen molar-refractivity contribution < 1.29 is 4.79 Å². The van der Waals surface area contributed by atoms with Crippen LogP contribution in [0.15, 0.2) is 0 Å². The third-order valence-corrected chi connectivity index (χ3v) is 4.10. The van der Waals surface area contributed by atoms with E-state index in [1.807, 2.05) is 18.7 Å². The second kappa shape index (κ2) is 5.61. The van der Waals surface area contributed by atoms with Crippen molar-refractivity contribution >= 4 is 17.7 Å². The van der Waals surface area contributed by atoms with Crippen molar-refractivity contribution in [2.75, 3.05) is 12.8 Å². The maximum absolute atomic E-state index is 10.8. The maximum atomic E-state index is 10.8. The Kier molecular flexibility index (Phi) is 4.75. The van der Waals surface area contributed by atoms with Crippen molar-refractivity contribution in [1.82, 2.24) is 5.32 Å². The highest BCUT2D eigenvalue weighted by molar-refractivity contribution is 7.99. The lowest BCUT2D eigenvalue weighted by atomic mass is 10.1. The highest BCUT2D eigenvalue weighted by Gasteiger charge is 2.26. The van der Waals surface area contributed by atoms with Gasteiger partial charge in [0.15, 0.2) is 0 Å². The minimum absolute atomic E-state index is 0.0573. The van der Waals surface area contributed by atoms with E-state index in [1.165, 1.54) is 19.3 Å². The average Bonchev–Trinajstić information content (AvgIpc) is 2.60. The minimum Gasteiger partial charge on any atom is -0.369 e. The number of hydrogen-bond donors (Lipinski definition) is 2. The fourth-order valence-electron chi connectivity index (χ4n) is 1.87. The number of nitrogens with one attached hydrogen (secondary N) is 1. The lowest BCUT2D eigenvalue weighted by Gasteiger charge is -2.20. The largest absolute Gasteiger partial charge is 0.369 e. The average molecular weight is 216 g/mol. The normalized spacial score (nSPS) is 29.0. The Morgan fingerprint density at radius 3 is 2.93 bits per heavy atom. The molecule has 0 bridgehead atoms. The van der Waals surface area contributed by atoms with Gasteiger partial charge in [0.25, 0.3) is 0 Å². The number of thioether (sulfide) groups is 1. The first-order chi connectivity index (χ1) is 6.65. The van der Waals surface area contributed by atoms with Gasteiger partial charge in [-0.1, -0.05) is 13.3 Å². The topological polar surface area (TPSA) is 55.1 Å². The van der Waals surface area contributed by atoms with E-state index in [0.717, 1.165) is 11.8 Å². The van der Waals surface area contributed by atoms with E-state index in [-0.39, 0.29) is 11.8 Å². The van der Waals surface area contributed by atoms with Crippen LogP contribution in [0.3, 0.4) is 0 Å². The van der Waals surface area contributed by atoms with E-state index in [1.54, 1.807) is 0 Å². The Bertz CT molecular complexity index is 199. The van der Waals surface area contributed by atoms with Crippen molar-refractivity contribution in [2.24, 2.45) is 11.7 Å². The third kappa shape index (κ3) is 3.17. The van der Waals surface area contributed by atoms with Gasteiger partial charge in [0, 0.05) is 23.8 Å². The van der Waals surface area contributed by atoms with Crippen LogP contribution in [-0.4, -0.2) is 30.0 Å². The smallest absolute Gasteiger partial charge is 0.221 e. The Balaban J connectivity index is 2.26. The molecule has 14 heavy (non-hydrogen) atoms. The van der Waals surface area contributed by atoms with E-state index in [0.29, 0.717) is 6.04 Å². The van der Waals surface area contributed by atoms with Gasteiger partial charge >= 0.3 is 0 Å². The van der Waals surface area contributed by atoms with Gasteiger partial charge in [-0.25, -0.2) is 0 Å². The van der Waals surface area contributed by atoms with Crippen molar-refractivity contribution in [3.8, 4) is 0 Å². The Labute approximate surface area is 90.2 Å². The predicted molar refractivity (Wildman–Crippen MR) is 61.3 cm³/mol. The van der Waals surface area contributed by atoms with Crippen molar-refractivity contribution in [3.63, 3.8) is 0 Å². The number of amides is 1. The lowest BCUT2D eigenvalue weighted by Crippen LogP contribution is -2.39. The standard InChI is InChI=1S/C10H20N2OS/c1-7(10(11)13)6-12-8-4-3-5-9(8)14-2/h7-9,12H,3-6H2,1-2H3,(H2,11,13). The van der Waals surface area contributed by atoms with Crippen LogP contribution in [0.5, 0.6) is 0 Å². The first-order valence-corrected chi connectivity index (χ1v) is 6.49. The molecule has 4 heteroatoms. The fourth-order valence-corrected chi connectivity index (χ4v) is 2.83. The van der Waals surface area contributed by atoms with Gasteiger partial charge in [0.05, 0.1) is 0 Å². The van der Waals surface area contributed by atoms with Crippen LogP contribution in [0.25, 0.3) is 0 Å². The van der Waals surface area contributed by atoms with Gasteiger partial charge in [-0.2, -0.15) is 11.8 Å². The molecule has 1 saturated carbocycles. The number of primary amides is 1. The van der Waals surface area contributed by atoms with Gasteiger partial charge in [0.2, 0.25) is 5.91 Å². The van der Waals surface area contributed by atoms with E-state index < -0.39 is 0 Å². The molecule has 82 valence electrons. The van der Waals surface area contributed by atoms with Crippen LogP contribution < -0.4 is 11.1 Å². The summed E-state index contributed by atoms with van der Waals surface area (Å²) < 4.78 is 0. The zero-order chi connectivity index (χ0) is 10.6. The summed E-state index contributed by atoms with van der Waals surface area (Å²) in [5, 5.41) is 4.16. The molecule has 1 amide bonds. The van der Waals surface area contributed by atoms with Crippen molar-refractivity contribution in [2.45, 2.75) is 37.5 Å². The summed E-state index contributed by atoms with van der Waals surface area (Å²) in [6.07, 6.45) is 5.98. The fraction of sp³-hybridized carbons (Fsp3) is 0.900. The zero-order valence-corrected chi connectivity index (χ0v) is 9.77. The number of nitrogens with two attached hydrogens (primary N) is 1. The van der Waals surface area contributed by atoms with E-state index in [4.69, 9.17) is 5.73 Å². The third-order valence-electron chi connectivity index (χ3n) is 2.93. The molecular weight excluding hydrogens is 196 g/mol. The molecule has 1 aliphatic rings.